The van der Waals surface area contributed by atoms with Gasteiger partial charge in [-0.3, -0.25) is 0 Å². The number of nitrogens with two attached hydrogens (primary N) is 1. The van der Waals surface area contributed by atoms with Crippen LogP contribution >= 0.6 is 11.8 Å². The molecule has 4 heteroatoms. The van der Waals surface area contributed by atoms with Gasteiger partial charge in [0.15, 0.2) is 0 Å². The van der Waals surface area contributed by atoms with Crippen LogP contribution in [0.4, 0.5) is 0 Å². The molecule has 0 spiro atoms. The normalized spacial score (nSPS) is 16.7. The molecule has 0 atom stereocenters. The van der Waals surface area contributed by atoms with Gasteiger partial charge in [-0.1, -0.05) is 12.1 Å². The molecule has 3 nitrogen and oxygen atoms in total. The van der Waals surface area contributed by atoms with Crippen molar-refractivity contribution in [2.24, 2.45) is 5.73 Å². The van der Waals surface area contributed by atoms with Crippen LogP contribution in [0.25, 0.3) is 0 Å². The second-order valence-electron chi connectivity index (χ2n) is 4.38. The molecule has 1 fully saturated rings. The summed E-state index contributed by atoms with van der Waals surface area (Å²) in [6.07, 6.45) is 2.35. The summed E-state index contributed by atoms with van der Waals surface area (Å²) in [5.41, 5.74) is 6.71. The maximum atomic E-state index is 5.73. The summed E-state index contributed by atoms with van der Waals surface area (Å²) in [4.78, 5) is 0. The number of hydrogen-bond acceptors (Lipinski definition) is 4. The summed E-state index contributed by atoms with van der Waals surface area (Å²) in [5.74, 6) is 1.96. The molecule has 0 amide bonds. The highest BCUT2D eigenvalue weighted by molar-refractivity contribution is 7.99. The Hall–Kier alpha value is -0.710. The second-order valence-corrected chi connectivity index (χ2v) is 5.79. The first kappa shape index (κ1) is 13.7. The molecule has 100 valence electrons. The van der Waals surface area contributed by atoms with Crippen molar-refractivity contribution in [3.63, 3.8) is 0 Å². The van der Waals surface area contributed by atoms with Gasteiger partial charge in [-0.05, 0) is 30.5 Å². The van der Waals surface area contributed by atoms with Gasteiger partial charge < -0.3 is 15.2 Å². The van der Waals surface area contributed by atoms with E-state index in [9.17, 15) is 0 Å². The smallest absolute Gasteiger partial charge is 0.119 e. The molecule has 1 aliphatic heterocycles. The van der Waals surface area contributed by atoms with Gasteiger partial charge in [0.25, 0.3) is 0 Å². The molecule has 1 aromatic rings. The molecular weight excluding hydrogens is 246 g/mol. The maximum Gasteiger partial charge on any atom is 0.119 e. The molecule has 1 heterocycles. The van der Waals surface area contributed by atoms with Crippen molar-refractivity contribution < 1.29 is 9.47 Å². The molecule has 0 unspecified atom stereocenters. The molecule has 2 rings (SSSR count). The third kappa shape index (κ3) is 4.52. The number of hydrogen-bond donors (Lipinski definition) is 1. The van der Waals surface area contributed by atoms with Crippen molar-refractivity contribution in [2.75, 3.05) is 25.6 Å². The van der Waals surface area contributed by atoms with Crippen LogP contribution in [0, 0.1) is 0 Å². The van der Waals surface area contributed by atoms with E-state index >= 15 is 0 Å². The summed E-state index contributed by atoms with van der Waals surface area (Å²) in [7, 11) is 0. The molecule has 0 radical (unpaired) electrons. The molecular formula is C14H21NO2S. The van der Waals surface area contributed by atoms with Crippen LogP contribution in [0.15, 0.2) is 24.3 Å². The van der Waals surface area contributed by atoms with Crippen LogP contribution < -0.4 is 10.5 Å². The lowest BCUT2D eigenvalue weighted by molar-refractivity contribution is 0.1000. The minimum atomic E-state index is 0.564. The average Bonchev–Trinajstić information content (AvgIpc) is 2.45. The molecule has 1 saturated heterocycles. The Morgan fingerprint density at radius 2 is 2.17 bits per heavy atom. The largest absolute Gasteiger partial charge is 0.493 e. The van der Waals surface area contributed by atoms with Crippen LogP contribution in [0.5, 0.6) is 5.75 Å². The number of thioether (sulfide) groups is 1. The molecule has 2 N–H and O–H groups in total. The molecule has 0 aliphatic carbocycles. The summed E-state index contributed by atoms with van der Waals surface area (Å²) < 4.78 is 11.1. The SMILES string of the molecule is NCc1cccc(OCCSC2CCOCC2)c1. The third-order valence-corrected chi connectivity index (χ3v) is 4.35. The standard InChI is InChI=1S/C14H21NO2S/c15-11-12-2-1-3-13(10-12)17-8-9-18-14-4-6-16-7-5-14/h1-3,10,14H,4-9,11,15H2. The number of rotatable bonds is 6. The first-order chi connectivity index (χ1) is 8.88. The van der Waals surface area contributed by atoms with E-state index < -0.39 is 0 Å². The van der Waals surface area contributed by atoms with Gasteiger partial charge >= 0.3 is 0 Å². The fraction of sp³-hybridized carbons (Fsp3) is 0.571. The quantitative estimate of drug-likeness (QED) is 0.804. The van der Waals surface area contributed by atoms with E-state index in [1.54, 1.807) is 0 Å². The van der Waals surface area contributed by atoms with Gasteiger partial charge in [-0.2, -0.15) is 11.8 Å². The Labute approximate surface area is 113 Å². The zero-order chi connectivity index (χ0) is 12.6. The van der Waals surface area contributed by atoms with Crippen LogP contribution in [-0.2, 0) is 11.3 Å². The summed E-state index contributed by atoms with van der Waals surface area (Å²) in [5, 5.41) is 0.748. The highest BCUT2D eigenvalue weighted by Gasteiger charge is 2.13. The van der Waals surface area contributed by atoms with Crippen LogP contribution in [-0.4, -0.2) is 30.8 Å². The van der Waals surface area contributed by atoms with Crippen molar-refractivity contribution >= 4 is 11.8 Å². The van der Waals surface area contributed by atoms with Crippen LogP contribution in [0.2, 0.25) is 0 Å². The predicted molar refractivity (Wildman–Crippen MR) is 76.1 cm³/mol. The lowest BCUT2D eigenvalue weighted by Crippen LogP contribution is -2.18. The Balaban J connectivity index is 1.65. The highest BCUT2D eigenvalue weighted by Crippen LogP contribution is 2.22. The molecule has 0 aromatic heterocycles. The Bertz CT molecular complexity index is 353. The minimum absolute atomic E-state index is 0.564. The maximum absolute atomic E-state index is 5.73. The lowest BCUT2D eigenvalue weighted by Gasteiger charge is -2.21. The van der Waals surface area contributed by atoms with Gasteiger partial charge in [0, 0.05) is 30.8 Å². The first-order valence-corrected chi connectivity index (χ1v) is 7.54. The summed E-state index contributed by atoms with van der Waals surface area (Å²) in [6, 6.07) is 8.00. The Morgan fingerprint density at radius 3 is 2.94 bits per heavy atom. The minimum Gasteiger partial charge on any atom is -0.493 e. The Kier molecular flexibility index (Phi) is 5.84. The predicted octanol–water partition coefficient (Wildman–Crippen LogP) is 2.44. The monoisotopic (exact) mass is 267 g/mol. The summed E-state index contributed by atoms with van der Waals surface area (Å²) >= 11 is 2.00. The van der Waals surface area contributed by atoms with E-state index in [1.807, 2.05) is 36.0 Å². The van der Waals surface area contributed by atoms with Crippen molar-refractivity contribution in [1.29, 1.82) is 0 Å². The zero-order valence-corrected chi connectivity index (χ0v) is 11.5. The molecule has 1 aromatic carbocycles. The topological polar surface area (TPSA) is 44.5 Å². The second kappa shape index (κ2) is 7.67. The molecule has 0 bridgehead atoms. The molecule has 1 aliphatic rings. The van der Waals surface area contributed by atoms with Crippen molar-refractivity contribution in [3.8, 4) is 5.75 Å². The average molecular weight is 267 g/mol. The first-order valence-electron chi connectivity index (χ1n) is 6.49. The fourth-order valence-electron chi connectivity index (χ4n) is 1.98. The Morgan fingerprint density at radius 1 is 1.33 bits per heavy atom. The fourth-order valence-corrected chi connectivity index (χ4v) is 3.02. The molecule has 18 heavy (non-hydrogen) atoms. The van der Waals surface area contributed by atoms with Gasteiger partial charge in [-0.15, -0.1) is 0 Å². The van der Waals surface area contributed by atoms with E-state index in [2.05, 4.69) is 0 Å². The van der Waals surface area contributed by atoms with Gasteiger partial charge in [0.1, 0.15) is 5.75 Å². The third-order valence-electron chi connectivity index (χ3n) is 3.01. The van der Waals surface area contributed by atoms with E-state index in [0.717, 1.165) is 42.1 Å². The zero-order valence-electron chi connectivity index (χ0n) is 10.6. The number of benzene rings is 1. The van der Waals surface area contributed by atoms with E-state index in [0.29, 0.717) is 6.54 Å². The van der Waals surface area contributed by atoms with Crippen molar-refractivity contribution in [2.45, 2.75) is 24.6 Å². The van der Waals surface area contributed by atoms with Crippen LogP contribution in [0.1, 0.15) is 18.4 Å². The molecule has 0 saturated carbocycles. The summed E-state index contributed by atoms with van der Waals surface area (Å²) in [6.45, 7) is 3.15. The van der Waals surface area contributed by atoms with Gasteiger partial charge in [0.2, 0.25) is 0 Å². The van der Waals surface area contributed by atoms with Crippen molar-refractivity contribution in [3.05, 3.63) is 29.8 Å². The van der Waals surface area contributed by atoms with E-state index in [1.165, 1.54) is 12.8 Å². The van der Waals surface area contributed by atoms with E-state index in [-0.39, 0.29) is 0 Å². The van der Waals surface area contributed by atoms with Crippen molar-refractivity contribution in [1.82, 2.24) is 0 Å². The van der Waals surface area contributed by atoms with Gasteiger partial charge in [0.05, 0.1) is 6.61 Å². The van der Waals surface area contributed by atoms with E-state index in [4.69, 9.17) is 15.2 Å². The number of ether oxygens (including phenoxy) is 2. The lowest BCUT2D eigenvalue weighted by atomic mass is 10.2. The highest BCUT2D eigenvalue weighted by atomic mass is 32.2. The van der Waals surface area contributed by atoms with Crippen LogP contribution in [0.3, 0.4) is 0 Å². The van der Waals surface area contributed by atoms with Gasteiger partial charge in [-0.25, -0.2) is 0 Å².